The van der Waals surface area contributed by atoms with Gasteiger partial charge in [-0.25, -0.2) is 0 Å². The predicted molar refractivity (Wildman–Crippen MR) is 73.3 cm³/mol. The molecule has 0 radical (unpaired) electrons. The molecule has 0 spiro atoms. The molecule has 0 bridgehead atoms. The Bertz CT molecular complexity index is 394. The molecule has 2 rings (SSSR count). The van der Waals surface area contributed by atoms with Gasteiger partial charge >= 0.3 is 11.9 Å². The summed E-state index contributed by atoms with van der Waals surface area (Å²) in [6, 6.07) is 0. The first-order valence-electron chi connectivity index (χ1n) is 7.22. The third-order valence-corrected chi connectivity index (χ3v) is 4.17. The molecular weight excluding hydrogens is 276 g/mol. The Balaban J connectivity index is 2.36. The largest absolute Gasteiger partial charge is 0.468 e. The fourth-order valence-electron chi connectivity index (χ4n) is 3.08. The Morgan fingerprint density at radius 3 is 2.29 bits per heavy atom. The first kappa shape index (κ1) is 16.0. The number of hydrogen-bond acceptors (Lipinski definition) is 6. The van der Waals surface area contributed by atoms with E-state index in [0.717, 1.165) is 19.3 Å². The van der Waals surface area contributed by atoms with Crippen molar-refractivity contribution >= 4 is 11.9 Å². The van der Waals surface area contributed by atoms with Crippen LogP contribution in [0.1, 0.15) is 25.7 Å². The Labute approximate surface area is 124 Å². The van der Waals surface area contributed by atoms with E-state index in [9.17, 15) is 9.59 Å². The minimum absolute atomic E-state index is 0.112. The highest BCUT2D eigenvalue weighted by Crippen LogP contribution is 2.42. The number of rotatable bonds is 5. The number of allylic oxidation sites excluding steroid dienone is 2. The van der Waals surface area contributed by atoms with Crippen LogP contribution < -0.4 is 0 Å². The standard InChI is InChI=1S/C15H22O6/c1-18-13(16)15(14(17)19-2,10-12-20-8-9-21-12)11-6-4-3-5-7-11/h4,6,11-12H,3,5,7-10H2,1-2H3. The van der Waals surface area contributed by atoms with Crippen LogP contribution in [0.4, 0.5) is 0 Å². The number of carbonyl (C=O) groups excluding carboxylic acids is 2. The molecule has 0 N–H and O–H groups in total. The predicted octanol–water partition coefficient (Wildman–Crippen LogP) is 1.44. The number of esters is 2. The van der Waals surface area contributed by atoms with E-state index in [2.05, 4.69) is 0 Å². The van der Waals surface area contributed by atoms with Gasteiger partial charge in [-0.05, 0) is 19.3 Å². The van der Waals surface area contributed by atoms with Gasteiger partial charge in [-0.1, -0.05) is 12.2 Å². The molecule has 0 saturated carbocycles. The van der Waals surface area contributed by atoms with Crippen molar-refractivity contribution in [3.05, 3.63) is 12.2 Å². The summed E-state index contributed by atoms with van der Waals surface area (Å²) in [5.41, 5.74) is -1.41. The van der Waals surface area contributed by atoms with E-state index >= 15 is 0 Å². The van der Waals surface area contributed by atoms with Gasteiger partial charge in [-0.15, -0.1) is 0 Å². The highest BCUT2D eigenvalue weighted by molar-refractivity contribution is 6.00. The summed E-state index contributed by atoms with van der Waals surface area (Å²) in [7, 11) is 2.56. The van der Waals surface area contributed by atoms with Gasteiger partial charge in [0.15, 0.2) is 11.7 Å². The van der Waals surface area contributed by atoms with Crippen LogP contribution in [-0.4, -0.2) is 45.7 Å². The van der Waals surface area contributed by atoms with Gasteiger partial charge in [0.05, 0.1) is 27.4 Å². The number of hydrogen-bond donors (Lipinski definition) is 0. The summed E-state index contributed by atoms with van der Waals surface area (Å²) in [4.78, 5) is 24.9. The molecular formula is C15H22O6. The smallest absolute Gasteiger partial charge is 0.324 e. The summed E-state index contributed by atoms with van der Waals surface area (Å²) in [6.45, 7) is 0.924. The summed E-state index contributed by atoms with van der Waals surface area (Å²) in [5.74, 6) is -1.45. The second-order valence-corrected chi connectivity index (χ2v) is 5.30. The normalized spacial score (nSPS) is 23.0. The van der Waals surface area contributed by atoms with Crippen LogP contribution >= 0.6 is 0 Å². The van der Waals surface area contributed by atoms with Gasteiger partial charge < -0.3 is 18.9 Å². The van der Waals surface area contributed by atoms with Crippen molar-refractivity contribution in [2.75, 3.05) is 27.4 Å². The molecule has 6 nitrogen and oxygen atoms in total. The van der Waals surface area contributed by atoms with Crippen molar-refractivity contribution in [2.45, 2.75) is 32.0 Å². The Kier molecular flexibility index (Phi) is 5.36. The highest BCUT2D eigenvalue weighted by atomic mass is 16.7. The third-order valence-electron chi connectivity index (χ3n) is 4.17. The van der Waals surface area contributed by atoms with Crippen LogP contribution in [0.25, 0.3) is 0 Å². The van der Waals surface area contributed by atoms with Gasteiger partial charge in [-0.3, -0.25) is 9.59 Å². The van der Waals surface area contributed by atoms with Crippen molar-refractivity contribution in [3.63, 3.8) is 0 Å². The van der Waals surface area contributed by atoms with Gasteiger partial charge in [-0.2, -0.15) is 0 Å². The van der Waals surface area contributed by atoms with Crippen molar-refractivity contribution in [2.24, 2.45) is 11.3 Å². The molecule has 118 valence electrons. The van der Waals surface area contributed by atoms with Crippen LogP contribution in [0.15, 0.2) is 12.2 Å². The van der Waals surface area contributed by atoms with E-state index in [1.807, 2.05) is 12.2 Å². The van der Waals surface area contributed by atoms with Crippen molar-refractivity contribution in [1.82, 2.24) is 0 Å². The maximum Gasteiger partial charge on any atom is 0.324 e. The summed E-state index contributed by atoms with van der Waals surface area (Å²) in [6.07, 6.45) is 6.03. The third kappa shape index (κ3) is 3.11. The van der Waals surface area contributed by atoms with E-state index in [1.54, 1.807) is 0 Å². The molecule has 1 heterocycles. The minimum atomic E-state index is -1.41. The minimum Gasteiger partial charge on any atom is -0.468 e. The maximum absolute atomic E-state index is 12.5. The van der Waals surface area contributed by atoms with Gasteiger partial charge in [0.2, 0.25) is 0 Å². The van der Waals surface area contributed by atoms with Crippen LogP contribution in [0.5, 0.6) is 0 Å². The van der Waals surface area contributed by atoms with Crippen LogP contribution in [0.2, 0.25) is 0 Å². The monoisotopic (exact) mass is 298 g/mol. The van der Waals surface area contributed by atoms with Gasteiger partial charge in [0.25, 0.3) is 0 Å². The molecule has 1 unspecified atom stereocenters. The molecule has 2 aliphatic rings. The van der Waals surface area contributed by atoms with Crippen LogP contribution in [0, 0.1) is 11.3 Å². The van der Waals surface area contributed by atoms with Gasteiger partial charge in [0.1, 0.15) is 0 Å². The lowest BCUT2D eigenvalue weighted by molar-refractivity contribution is -0.181. The molecule has 1 fully saturated rings. The number of methoxy groups -OCH3 is 2. The lowest BCUT2D eigenvalue weighted by Crippen LogP contribution is -2.49. The molecule has 0 aromatic heterocycles. The second kappa shape index (κ2) is 7.04. The molecule has 21 heavy (non-hydrogen) atoms. The molecule has 1 aliphatic carbocycles. The summed E-state index contributed by atoms with van der Waals surface area (Å²) in [5, 5.41) is 0. The average molecular weight is 298 g/mol. The topological polar surface area (TPSA) is 71.1 Å². The molecule has 0 aromatic carbocycles. The first-order chi connectivity index (χ1) is 10.1. The average Bonchev–Trinajstić information content (AvgIpc) is 3.04. The number of ether oxygens (including phenoxy) is 4. The molecule has 1 aliphatic heterocycles. The van der Waals surface area contributed by atoms with E-state index in [-0.39, 0.29) is 12.3 Å². The quantitative estimate of drug-likeness (QED) is 0.434. The SMILES string of the molecule is COC(=O)C(CC1OCCO1)(C(=O)OC)C1C=CCCC1. The molecule has 1 atom stereocenters. The Morgan fingerprint density at radius 2 is 1.81 bits per heavy atom. The summed E-state index contributed by atoms with van der Waals surface area (Å²) < 4.78 is 20.7. The lowest BCUT2D eigenvalue weighted by atomic mass is 9.69. The van der Waals surface area contributed by atoms with Crippen molar-refractivity contribution < 1.29 is 28.5 Å². The second-order valence-electron chi connectivity index (χ2n) is 5.30. The molecule has 0 amide bonds. The Hall–Kier alpha value is -1.40. The van der Waals surface area contributed by atoms with Gasteiger partial charge in [0, 0.05) is 12.3 Å². The zero-order valence-corrected chi connectivity index (χ0v) is 12.5. The maximum atomic E-state index is 12.5. The van der Waals surface area contributed by atoms with E-state index < -0.39 is 23.6 Å². The fourth-order valence-corrected chi connectivity index (χ4v) is 3.08. The van der Waals surface area contributed by atoms with Crippen molar-refractivity contribution in [3.8, 4) is 0 Å². The highest BCUT2D eigenvalue weighted by Gasteiger charge is 2.55. The molecule has 0 aromatic rings. The van der Waals surface area contributed by atoms with E-state index in [0.29, 0.717) is 13.2 Å². The Morgan fingerprint density at radius 1 is 1.19 bits per heavy atom. The summed E-state index contributed by atoms with van der Waals surface area (Å²) >= 11 is 0. The van der Waals surface area contributed by atoms with E-state index in [4.69, 9.17) is 18.9 Å². The first-order valence-corrected chi connectivity index (χ1v) is 7.22. The zero-order chi connectivity index (χ0) is 15.3. The fraction of sp³-hybridized carbons (Fsp3) is 0.733. The number of carbonyl (C=O) groups is 2. The molecule has 1 saturated heterocycles. The lowest BCUT2D eigenvalue weighted by Gasteiger charge is -2.36. The van der Waals surface area contributed by atoms with Crippen LogP contribution in [-0.2, 0) is 28.5 Å². The van der Waals surface area contributed by atoms with Crippen molar-refractivity contribution in [1.29, 1.82) is 0 Å². The van der Waals surface area contributed by atoms with Crippen LogP contribution in [0.3, 0.4) is 0 Å². The van der Waals surface area contributed by atoms with E-state index in [1.165, 1.54) is 14.2 Å². The molecule has 6 heteroatoms. The zero-order valence-electron chi connectivity index (χ0n) is 12.5.